The van der Waals surface area contributed by atoms with Crippen molar-refractivity contribution in [1.82, 2.24) is 4.90 Å². The van der Waals surface area contributed by atoms with Crippen LogP contribution in [0, 0.1) is 5.41 Å². The molecule has 0 heterocycles. The van der Waals surface area contributed by atoms with Gasteiger partial charge in [0.1, 0.15) is 5.41 Å². The Kier molecular flexibility index (Phi) is 5.36. The highest BCUT2D eigenvalue weighted by Gasteiger charge is 2.47. The van der Waals surface area contributed by atoms with Gasteiger partial charge in [0.2, 0.25) is 5.91 Å². The van der Waals surface area contributed by atoms with Crippen molar-refractivity contribution in [2.24, 2.45) is 16.3 Å². The van der Waals surface area contributed by atoms with Gasteiger partial charge in [-0.05, 0) is 12.8 Å². The van der Waals surface area contributed by atoms with Crippen LogP contribution in [0.2, 0.25) is 0 Å². The molecule has 7 heteroatoms. The van der Waals surface area contributed by atoms with E-state index in [0.29, 0.717) is 12.8 Å². The van der Waals surface area contributed by atoms with Crippen LogP contribution in [0.1, 0.15) is 25.7 Å². The molecule has 18 heavy (non-hydrogen) atoms. The molecular weight excluding hydrogens is 238 g/mol. The fourth-order valence-electron chi connectivity index (χ4n) is 2.51. The van der Waals surface area contributed by atoms with Gasteiger partial charge in [-0.2, -0.15) is 0 Å². The topological polar surface area (TPSA) is 119 Å². The summed E-state index contributed by atoms with van der Waals surface area (Å²) in [7, 11) is 0. The second-order valence-corrected chi connectivity index (χ2v) is 4.51. The molecule has 1 aliphatic rings. The number of nitrogens with zero attached hydrogens (tertiary/aromatic N) is 2. The summed E-state index contributed by atoms with van der Waals surface area (Å²) in [5.74, 6) is -0.357. The molecule has 7 nitrogen and oxygen atoms in total. The number of carbonyl (C=O) groups is 1. The zero-order chi connectivity index (χ0) is 13.6. The van der Waals surface area contributed by atoms with E-state index in [9.17, 15) is 4.79 Å². The Morgan fingerprint density at radius 3 is 2.11 bits per heavy atom. The molecule has 104 valence electrons. The summed E-state index contributed by atoms with van der Waals surface area (Å²) >= 11 is 0. The average Bonchev–Trinajstić information content (AvgIpc) is 2.87. The molecule has 5 N–H and O–H groups in total. The Bertz CT molecular complexity index is 307. The van der Waals surface area contributed by atoms with Gasteiger partial charge in [-0.1, -0.05) is 18.0 Å². The Morgan fingerprint density at radius 1 is 1.22 bits per heavy atom. The fourth-order valence-corrected chi connectivity index (χ4v) is 2.51. The zero-order valence-corrected chi connectivity index (χ0v) is 10.4. The van der Waals surface area contributed by atoms with Crippen LogP contribution in [0.15, 0.2) is 5.16 Å². The molecule has 0 bridgehead atoms. The van der Waals surface area contributed by atoms with E-state index in [1.54, 1.807) is 0 Å². The van der Waals surface area contributed by atoms with Crippen molar-refractivity contribution in [3.05, 3.63) is 0 Å². The number of oxime groups is 1. The molecule has 1 fully saturated rings. The number of nitrogens with two attached hydrogens (primary N) is 1. The molecule has 0 atom stereocenters. The maximum absolute atomic E-state index is 12.5. The van der Waals surface area contributed by atoms with Crippen molar-refractivity contribution in [2.45, 2.75) is 25.7 Å². The third kappa shape index (κ3) is 2.73. The number of carbonyl (C=O) groups excluding carboxylic acids is 1. The lowest BCUT2D eigenvalue weighted by Crippen LogP contribution is -2.51. The predicted octanol–water partition coefficient (Wildman–Crippen LogP) is -0.894. The Balaban J connectivity index is 2.94. The first-order valence-corrected chi connectivity index (χ1v) is 6.11. The maximum Gasteiger partial charge on any atom is 0.236 e. The highest BCUT2D eigenvalue weighted by atomic mass is 16.4. The molecule has 0 aliphatic heterocycles. The summed E-state index contributed by atoms with van der Waals surface area (Å²) < 4.78 is 0. The molecule has 1 rings (SSSR count). The predicted molar refractivity (Wildman–Crippen MR) is 65.1 cm³/mol. The van der Waals surface area contributed by atoms with Crippen molar-refractivity contribution in [3.8, 4) is 0 Å². The lowest BCUT2D eigenvalue weighted by molar-refractivity contribution is -0.139. The van der Waals surface area contributed by atoms with Crippen molar-refractivity contribution in [3.63, 3.8) is 0 Å². The molecule has 0 unspecified atom stereocenters. The molecule has 1 saturated carbocycles. The van der Waals surface area contributed by atoms with Gasteiger partial charge in [0.25, 0.3) is 0 Å². The van der Waals surface area contributed by atoms with Gasteiger partial charge in [-0.25, -0.2) is 0 Å². The van der Waals surface area contributed by atoms with Crippen LogP contribution in [0.25, 0.3) is 0 Å². The summed E-state index contributed by atoms with van der Waals surface area (Å²) in [6.45, 7) is -0.0876. The summed E-state index contributed by atoms with van der Waals surface area (Å²) in [6.07, 6.45) is 2.76. The Labute approximate surface area is 106 Å². The first-order chi connectivity index (χ1) is 8.62. The van der Waals surface area contributed by atoms with E-state index in [0.717, 1.165) is 12.8 Å². The van der Waals surface area contributed by atoms with Gasteiger partial charge < -0.3 is 26.1 Å². The second-order valence-electron chi connectivity index (χ2n) is 4.51. The third-order valence-electron chi connectivity index (χ3n) is 3.49. The smallest absolute Gasteiger partial charge is 0.236 e. The van der Waals surface area contributed by atoms with Crippen molar-refractivity contribution in [2.75, 3.05) is 26.3 Å². The van der Waals surface area contributed by atoms with Gasteiger partial charge in [0.05, 0.1) is 13.2 Å². The molecule has 0 radical (unpaired) electrons. The SMILES string of the molecule is NC(=NO)C1(C(=O)N(CCO)CCO)CCCC1. The van der Waals surface area contributed by atoms with Gasteiger partial charge in [0, 0.05) is 13.1 Å². The average molecular weight is 259 g/mol. The minimum atomic E-state index is -0.973. The Hall–Kier alpha value is -1.34. The number of hydrogen-bond donors (Lipinski definition) is 4. The monoisotopic (exact) mass is 259 g/mol. The normalized spacial score (nSPS) is 18.9. The van der Waals surface area contributed by atoms with E-state index in [4.69, 9.17) is 21.2 Å². The number of amides is 1. The van der Waals surface area contributed by atoms with Crippen molar-refractivity contribution in [1.29, 1.82) is 0 Å². The summed E-state index contributed by atoms with van der Waals surface area (Å²) in [4.78, 5) is 13.8. The van der Waals surface area contributed by atoms with E-state index in [-0.39, 0.29) is 38.0 Å². The molecule has 1 aliphatic carbocycles. The van der Waals surface area contributed by atoms with Crippen molar-refractivity contribution >= 4 is 11.7 Å². The lowest BCUT2D eigenvalue weighted by Gasteiger charge is -2.32. The van der Waals surface area contributed by atoms with Gasteiger partial charge in [-0.15, -0.1) is 0 Å². The molecule has 0 aromatic rings. The fraction of sp³-hybridized carbons (Fsp3) is 0.818. The molecular formula is C11H21N3O4. The number of aliphatic hydroxyl groups excluding tert-OH is 2. The lowest BCUT2D eigenvalue weighted by atomic mass is 9.83. The highest BCUT2D eigenvalue weighted by molar-refractivity contribution is 6.07. The molecule has 0 aromatic carbocycles. The van der Waals surface area contributed by atoms with Crippen LogP contribution in [-0.4, -0.2) is 58.4 Å². The molecule has 1 amide bonds. The second kappa shape index (κ2) is 6.55. The number of rotatable bonds is 6. The Morgan fingerprint density at radius 2 is 1.72 bits per heavy atom. The van der Waals surface area contributed by atoms with E-state index in [2.05, 4.69) is 5.16 Å². The van der Waals surface area contributed by atoms with Crippen LogP contribution in [0.3, 0.4) is 0 Å². The van der Waals surface area contributed by atoms with E-state index in [1.807, 2.05) is 0 Å². The van der Waals surface area contributed by atoms with Crippen LogP contribution < -0.4 is 5.73 Å². The van der Waals surface area contributed by atoms with Crippen LogP contribution >= 0.6 is 0 Å². The first-order valence-electron chi connectivity index (χ1n) is 6.11. The zero-order valence-electron chi connectivity index (χ0n) is 10.4. The van der Waals surface area contributed by atoms with E-state index in [1.165, 1.54) is 4.90 Å². The number of amidine groups is 1. The quantitative estimate of drug-likeness (QED) is 0.213. The minimum absolute atomic E-state index is 0.0779. The van der Waals surface area contributed by atoms with Gasteiger partial charge in [-0.3, -0.25) is 4.79 Å². The third-order valence-corrected chi connectivity index (χ3v) is 3.49. The highest BCUT2D eigenvalue weighted by Crippen LogP contribution is 2.40. The van der Waals surface area contributed by atoms with Crippen LogP contribution in [0.5, 0.6) is 0 Å². The molecule has 0 aromatic heterocycles. The summed E-state index contributed by atoms with van der Waals surface area (Å²) in [5, 5.41) is 29.7. The minimum Gasteiger partial charge on any atom is -0.409 e. The van der Waals surface area contributed by atoms with Crippen LogP contribution in [-0.2, 0) is 4.79 Å². The van der Waals surface area contributed by atoms with Crippen LogP contribution in [0.4, 0.5) is 0 Å². The largest absolute Gasteiger partial charge is 0.409 e. The summed E-state index contributed by atoms with van der Waals surface area (Å²) in [6, 6.07) is 0. The van der Waals surface area contributed by atoms with Gasteiger partial charge >= 0.3 is 0 Å². The molecule has 0 spiro atoms. The number of aliphatic hydroxyl groups is 2. The molecule has 0 saturated heterocycles. The standard InChI is InChI=1S/C11H21N3O4/c12-9(13-18)11(3-1-2-4-11)10(17)14(5-7-15)6-8-16/h15-16,18H,1-8H2,(H2,12,13). The van der Waals surface area contributed by atoms with E-state index >= 15 is 0 Å². The first kappa shape index (κ1) is 14.7. The van der Waals surface area contributed by atoms with Gasteiger partial charge in [0.15, 0.2) is 5.84 Å². The maximum atomic E-state index is 12.5. The van der Waals surface area contributed by atoms with Crippen molar-refractivity contribution < 1.29 is 20.2 Å². The van der Waals surface area contributed by atoms with E-state index < -0.39 is 5.41 Å². The summed E-state index contributed by atoms with van der Waals surface area (Å²) in [5.41, 5.74) is 4.70. The number of hydrogen-bond acceptors (Lipinski definition) is 5.